The molecule has 0 bridgehead atoms. The fraction of sp³-hybridized carbons (Fsp3) is 0.216. The standard InChI is InChI=1S/C37H36O8/c1-5-35(38)42-23-7-6-22-41-31-16-12-29(13-17-31)36(39)44-33-20-21-34(27(4)26(33)3)45-37(40)30-14-18-32(19-15-30)43-24-28-10-8-25(2)9-11-28/h5,8-21H,1,6-7,22-24H2,2-4H3. The van der Waals surface area contributed by atoms with E-state index in [1.807, 2.05) is 31.2 Å². The molecule has 4 aromatic carbocycles. The van der Waals surface area contributed by atoms with Gasteiger partial charge in [0.25, 0.3) is 0 Å². The Kier molecular flexibility index (Phi) is 11.5. The number of carbonyl (C=O) groups is 3. The zero-order valence-corrected chi connectivity index (χ0v) is 25.7. The SMILES string of the molecule is C=CC(=O)OCCCCOc1ccc(C(=O)Oc2ccc(OC(=O)c3ccc(OCc4ccc(C)cc4)cc3)c(C)c2C)cc1. The van der Waals surface area contributed by atoms with E-state index in [1.165, 1.54) is 5.56 Å². The fourth-order valence-electron chi connectivity index (χ4n) is 4.16. The van der Waals surface area contributed by atoms with Crippen LogP contribution in [0.2, 0.25) is 0 Å². The van der Waals surface area contributed by atoms with Gasteiger partial charge in [-0.25, -0.2) is 14.4 Å². The Labute approximate surface area is 263 Å². The predicted molar refractivity (Wildman–Crippen MR) is 170 cm³/mol. The molecule has 8 heteroatoms. The first-order valence-electron chi connectivity index (χ1n) is 14.6. The predicted octanol–water partition coefficient (Wildman–Crippen LogP) is 7.52. The number of esters is 3. The van der Waals surface area contributed by atoms with Crippen molar-refractivity contribution in [1.82, 2.24) is 0 Å². The maximum atomic E-state index is 12.8. The molecule has 0 saturated carbocycles. The first-order valence-corrected chi connectivity index (χ1v) is 14.6. The largest absolute Gasteiger partial charge is 0.494 e. The lowest BCUT2D eigenvalue weighted by Crippen LogP contribution is -2.12. The van der Waals surface area contributed by atoms with Crippen molar-refractivity contribution in [2.75, 3.05) is 13.2 Å². The number of hydrogen-bond donors (Lipinski definition) is 0. The number of aryl methyl sites for hydroxylation is 1. The third kappa shape index (κ3) is 9.56. The van der Waals surface area contributed by atoms with Gasteiger partial charge in [0.2, 0.25) is 0 Å². The zero-order valence-electron chi connectivity index (χ0n) is 25.7. The highest BCUT2D eigenvalue weighted by molar-refractivity contribution is 5.92. The third-order valence-corrected chi connectivity index (χ3v) is 7.02. The second-order valence-corrected chi connectivity index (χ2v) is 10.3. The van der Waals surface area contributed by atoms with Crippen LogP contribution in [-0.2, 0) is 16.1 Å². The van der Waals surface area contributed by atoms with Crippen LogP contribution in [0.4, 0.5) is 0 Å². The number of benzene rings is 4. The van der Waals surface area contributed by atoms with Crippen LogP contribution in [0.3, 0.4) is 0 Å². The Morgan fingerprint density at radius 3 is 1.62 bits per heavy atom. The minimum Gasteiger partial charge on any atom is -0.494 e. The van der Waals surface area contributed by atoms with Gasteiger partial charge in [-0.15, -0.1) is 0 Å². The molecule has 0 unspecified atom stereocenters. The van der Waals surface area contributed by atoms with E-state index in [0.29, 0.717) is 77.9 Å². The van der Waals surface area contributed by atoms with Crippen molar-refractivity contribution in [2.24, 2.45) is 0 Å². The Bertz CT molecular complexity index is 1620. The maximum absolute atomic E-state index is 12.8. The molecule has 0 saturated heterocycles. The minimum absolute atomic E-state index is 0.306. The van der Waals surface area contributed by atoms with E-state index in [0.717, 1.165) is 11.6 Å². The molecule has 8 nitrogen and oxygen atoms in total. The summed E-state index contributed by atoms with van der Waals surface area (Å²) in [6.07, 6.45) is 2.50. The van der Waals surface area contributed by atoms with Gasteiger partial charge in [-0.2, -0.15) is 0 Å². The molecular formula is C37H36O8. The summed E-state index contributed by atoms with van der Waals surface area (Å²) in [7, 11) is 0. The molecule has 0 atom stereocenters. The van der Waals surface area contributed by atoms with Gasteiger partial charge in [0, 0.05) is 6.08 Å². The molecule has 0 aromatic heterocycles. The van der Waals surface area contributed by atoms with Gasteiger partial charge >= 0.3 is 17.9 Å². The third-order valence-electron chi connectivity index (χ3n) is 7.02. The molecule has 45 heavy (non-hydrogen) atoms. The van der Waals surface area contributed by atoms with E-state index < -0.39 is 17.9 Å². The van der Waals surface area contributed by atoms with Gasteiger partial charge in [-0.3, -0.25) is 0 Å². The van der Waals surface area contributed by atoms with Crippen LogP contribution in [0.25, 0.3) is 0 Å². The van der Waals surface area contributed by atoms with Crippen molar-refractivity contribution in [1.29, 1.82) is 0 Å². The quantitative estimate of drug-likeness (QED) is 0.0628. The topological polar surface area (TPSA) is 97.4 Å². The number of rotatable bonds is 14. The van der Waals surface area contributed by atoms with Gasteiger partial charge in [0.15, 0.2) is 0 Å². The second kappa shape index (κ2) is 15.9. The molecule has 0 N–H and O–H groups in total. The maximum Gasteiger partial charge on any atom is 0.343 e. The summed E-state index contributed by atoms with van der Waals surface area (Å²) < 4.78 is 27.7. The Morgan fingerprint density at radius 1 is 0.622 bits per heavy atom. The monoisotopic (exact) mass is 608 g/mol. The Morgan fingerprint density at radius 2 is 1.11 bits per heavy atom. The molecule has 4 rings (SSSR count). The van der Waals surface area contributed by atoms with Crippen LogP contribution in [0.15, 0.2) is 97.6 Å². The number of unbranched alkanes of at least 4 members (excludes halogenated alkanes) is 1. The van der Waals surface area contributed by atoms with Crippen LogP contribution in [0.5, 0.6) is 23.0 Å². The van der Waals surface area contributed by atoms with Crippen molar-refractivity contribution >= 4 is 17.9 Å². The Hall–Kier alpha value is -5.37. The molecule has 0 radical (unpaired) electrons. The van der Waals surface area contributed by atoms with Crippen molar-refractivity contribution in [3.8, 4) is 23.0 Å². The van der Waals surface area contributed by atoms with Gasteiger partial charge < -0.3 is 23.7 Å². The van der Waals surface area contributed by atoms with Crippen molar-refractivity contribution in [3.63, 3.8) is 0 Å². The first kappa shape index (κ1) is 32.5. The second-order valence-electron chi connectivity index (χ2n) is 10.3. The minimum atomic E-state index is -0.525. The van der Waals surface area contributed by atoms with Gasteiger partial charge in [0.1, 0.15) is 29.6 Å². The fourth-order valence-corrected chi connectivity index (χ4v) is 4.16. The van der Waals surface area contributed by atoms with Gasteiger partial charge in [0.05, 0.1) is 24.3 Å². The van der Waals surface area contributed by atoms with Gasteiger partial charge in [-0.1, -0.05) is 36.4 Å². The summed E-state index contributed by atoms with van der Waals surface area (Å²) in [5.41, 5.74) is 4.33. The molecule has 0 aliphatic heterocycles. The zero-order chi connectivity index (χ0) is 32.2. The molecular weight excluding hydrogens is 572 g/mol. The molecule has 4 aromatic rings. The summed E-state index contributed by atoms with van der Waals surface area (Å²) in [6, 6.07) is 24.7. The molecule has 0 aliphatic carbocycles. The highest BCUT2D eigenvalue weighted by Crippen LogP contribution is 2.30. The molecule has 0 fully saturated rings. The lowest BCUT2D eigenvalue weighted by atomic mass is 10.1. The summed E-state index contributed by atoms with van der Waals surface area (Å²) in [5, 5.41) is 0. The highest BCUT2D eigenvalue weighted by Gasteiger charge is 2.17. The molecule has 0 spiro atoms. The van der Waals surface area contributed by atoms with Crippen LogP contribution in [0.1, 0.15) is 55.8 Å². The van der Waals surface area contributed by atoms with Gasteiger partial charge in [-0.05, 0) is 111 Å². The number of carbonyl (C=O) groups excluding carboxylic acids is 3. The number of ether oxygens (including phenoxy) is 5. The lowest BCUT2D eigenvalue weighted by molar-refractivity contribution is -0.137. The van der Waals surface area contributed by atoms with Crippen LogP contribution in [0, 0.1) is 20.8 Å². The lowest BCUT2D eigenvalue weighted by Gasteiger charge is -2.14. The summed E-state index contributed by atoms with van der Waals surface area (Å²) >= 11 is 0. The van der Waals surface area contributed by atoms with Crippen LogP contribution in [-0.4, -0.2) is 31.1 Å². The summed E-state index contributed by atoms with van der Waals surface area (Å²) in [5.74, 6) is 0.516. The average Bonchev–Trinajstić information content (AvgIpc) is 3.06. The first-order chi connectivity index (χ1) is 21.7. The van der Waals surface area contributed by atoms with E-state index in [2.05, 4.69) is 6.58 Å². The average molecular weight is 609 g/mol. The van der Waals surface area contributed by atoms with E-state index in [4.69, 9.17) is 23.7 Å². The molecule has 0 heterocycles. The van der Waals surface area contributed by atoms with E-state index >= 15 is 0 Å². The summed E-state index contributed by atoms with van der Waals surface area (Å²) in [6.45, 7) is 10.2. The van der Waals surface area contributed by atoms with Crippen molar-refractivity contribution < 1.29 is 38.1 Å². The summed E-state index contributed by atoms with van der Waals surface area (Å²) in [4.78, 5) is 36.7. The van der Waals surface area contributed by atoms with Crippen LogP contribution < -0.4 is 18.9 Å². The number of hydrogen-bond acceptors (Lipinski definition) is 8. The molecule has 232 valence electrons. The highest BCUT2D eigenvalue weighted by atomic mass is 16.5. The van der Waals surface area contributed by atoms with Crippen molar-refractivity contribution in [3.05, 3.63) is 131 Å². The van der Waals surface area contributed by atoms with Crippen molar-refractivity contribution in [2.45, 2.75) is 40.2 Å². The van der Waals surface area contributed by atoms with Crippen LogP contribution >= 0.6 is 0 Å². The molecule has 0 amide bonds. The van der Waals surface area contributed by atoms with E-state index in [-0.39, 0.29) is 0 Å². The van der Waals surface area contributed by atoms with E-state index in [1.54, 1.807) is 74.5 Å². The van der Waals surface area contributed by atoms with E-state index in [9.17, 15) is 14.4 Å². The smallest absolute Gasteiger partial charge is 0.343 e. The Balaban J connectivity index is 1.27. The normalized spacial score (nSPS) is 10.5. The molecule has 0 aliphatic rings.